The van der Waals surface area contributed by atoms with Gasteiger partial charge in [-0.3, -0.25) is 38.4 Å². The normalized spacial score (nSPS) is 27.0. The van der Waals surface area contributed by atoms with Crippen molar-refractivity contribution in [2.75, 3.05) is 106 Å². The maximum atomic E-state index is 13.8. The molecule has 3 fully saturated rings. The summed E-state index contributed by atoms with van der Waals surface area (Å²) >= 11 is 0. The fourth-order valence-electron chi connectivity index (χ4n) is 9.62. The molecule has 18 N–H and O–H groups in total. The summed E-state index contributed by atoms with van der Waals surface area (Å²) in [5.41, 5.74) is -2.16. The van der Waals surface area contributed by atoms with E-state index in [0.29, 0.717) is 0 Å². The Labute approximate surface area is 550 Å². The van der Waals surface area contributed by atoms with Crippen LogP contribution >= 0.6 is 8.25 Å². The molecule has 3 saturated heterocycles. The Morgan fingerprint density at radius 1 is 0.463 bits per heavy atom. The highest BCUT2D eigenvalue weighted by Crippen LogP contribution is 2.29. The second-order valence-corrected chi connectivity index (χ2v) is 24.3. The van der Waals surface area contributed by atoms with E-state index in [9.17, 15) is 93.8 Å². The van der Waals surface area contributed by atoms with Gasteiger partial charge in [-0.1, -0.05) is 0 Å². The summed E-state index contributed by atoms with van der Waals surface area (Å²) in [7, 11) is -2.95. The van der Waals surface area contributed by atoms with Gasteiger partial charge in [-0.05, 0) is 47.0 Å². The minimum atomic E-state index is -2.95. The lowest BCUT2D eigenvalue weighted by Gasteiger charge is -2.42. The van der Waals surface area contributed by atoms with Crippen molar-refractivity contribution in [3.05, 3.63) is 0 Å². The van der Waals surface area contributed by atoms with E-state index in [1.807, 2.05) is 0 Å². The molecule has 3 heterocycles. The SMILES string of the molecule is CC(=O)NC1C(OCCOCCNC(=O)CCC(NC(=O)CCC(NC(=O)CCC(C)(C)OCC(C)(C)O[P+](=O)O)C(=O)NCCOCCOC2OC(CO)C(O)C(O)C2NC(C)=O)C(=O)NCCOCCOC2OC(CO)C(O)C(O)C2NC(C)=O)OC(CO)C(O)C1O. The van der Waals surface area contributed by atoms with Gasteiger partial charge in [-0.15, -0.1) is 9.42 Å². The standard InChI is InChI=1S/C56H99N8O30P/c1-30(68)60-41-47(77)44(74)35(26-65)91-52(41)87-23-20-84-17-14-57-38(71)10-8-33(50(80)58-15-18-85-21-24-88-53-42(61-31(2)69)48(78)45(75)36(27-66)92-53)63-39(72)11-9-34(64-40(73)12-13-55(4,5)90-29-56(6,7)94-95(82)83)51(81)59-16-19-86-22-25-89-54-43(62-32(3)70)49(79)46(76)37(28-67)93-54/h33-37,41-49,52-54,65-67,74-79H,8-29H2,1-7H3,(H8-,57,58,59,60,61,62,63,64,68,69,70,71,72,73,80,81,82,83)/p+1. The third-order valence-corrected chi connectivity index (χ3v) is 15.3. The topological polar surface area (TPSA) is 554 Å². The first kappa shape index (κ1) is 84.2. The Kier molecular flexibility index (Phi) is 38.5. The van der Waals surface area contributed by atoms with Gasteiger partial charge in [0.05, 0.1) is 91.5 Å². The molecule has 3 rings (SSSR count). The molecule has 0 radical (unpaired) electrons. The number of rotatable bonds is 45. The molecule has 3 aliphatic rings. The number of carbonyl (C=O) groups excluding carboxylic acids is 8. The van der Waals surface area contributed by atoms with Crippen LogP contribution in [-0.4, -0.2) is 319 Å². The predicted molar refractivity (Wildman–Crippen MR) is 322 cm³/mol. The lowest BCUT2D eigenvalue weighted by atomic mass is 9.97. The van der Waals surface area contributed by atoms with Crippen molar-refractivity contribution in [3.63, 3.8) is 0 Å². The third kappa shape index (κ3) is 31.2. The highest BCUT2D eigenvalue weighted by molar-refractivity contribution is 7.32. The number of aliphatic hydroxyl groups is 9. The van der Waals surface area contributed by atoms with Crippen LogP contribution in [0.15, 0.2) is 0 Å². The van der Waals surface area contributed by atoms with Crippen molar-refractivity contribution in [1.82, 2.24) is 42.5 Å². The summed E-state index contributed by atoms with van der Waals surface area (Å²) in [5.74, 6) is -5.17. The first-order valence-electron chi connectivity index (χ1n) is 31.0. The predicted octanol–water partition coefficient (Wildman–Crippen LogP) is -8.18. The van der Waals surface area contributed by atoms with Crippen molar-refractivity contribution in [2.45, 2.75) is 202 Å². The maximum absolute atomic E-state index is 13.8. The number of hydrogen-bond acceptors (Lipinski definition) is 29. The van der Waals surface area contributed by atoms with E-state index in [1.165, 1.54) is 34.6 Å². The zero-order chi connectivity index (χ0) is 71.0. The fraction of sp³-hybridized carbons (Fsp3) is 0.857. The Balaban J connectivity index is 1.67. The summed E-state index contributed by atoms with van der Waals surface area (Å²) in [6, 6.07) is -6.32. The van der Waals surface area contributed by atoms with Crippen LogP contribution in [0.4, 0.5) is 0 Å². The molecule has 38 nitrogen and oxygen atoms in total. The zero-order valence-corrected chi connectivity index (χ0v) is 55.4. The summed E-state index contributed by atoms with van der Waals surface area (Å²) in [5, 5.41) is 112. The van der Waals surface area contributed by atoms with Gasteiger partial charge in [-0.2, -0.15) is 0 Å². The quantitative estimate of drug-likeness (QED) is 0.0199. The van der Waals surface area contributed by atoms with Gasteiger partial charge in [0.15, 0.2) is 18.9 Å². The van der Waals surface area contributed by atoms with E-state index in [-0.39, 0.29) is 118 Å². The molecule has 95 heavy (non-hydrogen) atoms. The van der Waals surface area contributed by atoms with Gasteiger partial charge in [0.2, 0.25) is 47.3 Å². The van der Waals surface area contributed by atoms with Crippen LogP contribution in [-0.2, 0) is 94.8 Å². The lowest BCUT2D eigenvalue weighted by Crippen LogP contribution is -2.64. The highest BCUT2D eigenvalue weighted by Gasteiger charge is 2.48. The first-order valence-corrected chi connectivity index (χ1v) is 32.1. The van der Waals surface area contributed by atoms with Gasteiger partial charge in [0.25, 0.3) is 0 Å². The zero-order valence-electron chi connectivity index (χ0n) is 54.5. The van der Waals surface area contributed by atoms with Crippen LogP contribution in [0.3, 0.4) is 0 Å². The van der Waals surface area contributed by atoms with Crippen molar-refractivity contribution < 1.29 is 146 Å². The molecule has 8 amide bonds. The van der Waals surface area contributed by atoms with Crippen LogP contribution in [0.25, 0.3) is 0 Å². The van der Waals surface area contributed by atoms with E-state index >= 15 is 0 Å². The van der Waals surface area contributed by atoms with E-state index in [1.54, 1.807) is 13.8 Å². The summed E-state index contributed by atoms with van der Waals surface area (Å²) < 4.78 is 72.4. The Morgan fingerprint density at radius 2 is 0.800 bits per heavy atom. The minimum Gasteiger partial charge on any atom is -0.394 e. The molecule has 0 aromatic heterocycles. The van der Waals surface area contributed by atoms with Gasteiger partial charge in [0, 0.05) is 64.2 Å². The Bertz CT molecular complexity index is 2390. The molecule has 0 spiro atoms. The number of aliphatic hydroxyl groups excluding tert-OH is 9. The van der Waals surface area contributed by atoms with Gasteiger partial charge in [-0.25, -0.2) is 0 Å². The van der Waals surface area contributed by atoms with E-state index < -0.39 is 197 Å². The van der Waals surface area contributed by atoms with Gasteiger partial charge < -0.3 is 136 Å². The first-order chi connectivity index (χ1) is 44.8. The van der Waals surface area contributed by atoms with Crippen LogP contribution in [0.5, 0.6) is 0 Å². The monoisotopic (exact) mass is 1400 g/mol. The Hall–Kier alpha value is -4.98. The molecule has 0 saturated carbocycles. The van der Waals surface area contributed by atoms with E-state index in [0.717, 1.165) is 0 Å². The van der Waals surface area contributed by atoms with Crippen LogP contribution < -0.4 is 42.5 Å². The number of hydrogen-bond donors (Lipinski definition) is 18. The molecule has 548 valence electrons. The van der Waals surface area contributed by atoms with Crippen LogP contribution in [0.1, 0.15) is 87.0 Å². The molecular formula is C56H100N8O30P+. The van der Waals surface area contributed by atoms with E-state index in [2.05, 4.69) is 42.5 Å². The molecule has 39 heteroatoms. The largest absolute Gasteiger partial charge is 0.695 e. The van der Waals surface area contributed by atoms with Crippen molar-refractivity contribution >= 4 is 55.5 Å². The van der Waals surface area contributed by atoms with Gasteiger partial charge >= 0.3 is 8.25 Å². The summed E-state index contributed by atoms with van der Waals surface area (Å²) in [6.07, 6.45) is -18.2. The number of amides is 8. The second kappa shape index (κ2) is 43.4. The average molecular weight is 1400 g/mol. The molecular weight excluding hydrogens is 1300 g/mol. The van der Waals surface area contributed by atoms with Gasteiger partial charge in [0.1, 0.15) is 90.7 Å². The highest BCUT2D eigenvalue weighted by atomic mass is 31.1. The smallest absolute Gasteiger partial charge is 0.394 e. The molecule has 0 aliphatic carbocycles. The van der Waals surface area contributed by atoms with Crippen LogP contribution in [0, 0.1) is 0 Å². The lowest BCUT2D eigenvalue weighted by molar-refractivity contribution is -0.272. The third-order valence-electron chi connectivity index (χ3n) is 14.7. The molecule has 0 aromatic rings. The molecule has 18 atom stereocenters. The van der Waals surface area contributed by atoms with Crippen LogP contribution in [0.2, 0.25) is 0 Å². The molecule has 3 aliphatic heterocycles. The van der Waals surface area contributed by atoms with E-state index in [4.69, 9.17) is 51.9 Å². The second-order valence-electron chi connectivity index (χ2n) is 23.6. The van der Waals surface area contributed by atoms with Crippen molar-refractivity contribution in [1.29, 1.82) is 0 Å². The molecule has 0 aromatic carbocycles. The van der Waals surface area contributed by atoms with Crippen molar-refractivity contribution in [3.8, 4) is 0 Å². The summed E-state index contributed by atoms with van der Waals surface area (Å²) in [4.78, 5) is 113. The van der Waals surface area contributed by atoms with Crippen molar-refractivity contribution in [2.24, 2.45) is 0 Å². The number of ether oxygens (including phenoxy) is 10. The molecule has 18 unspecified atom stereocenters. The maximum Gasteiger partial charge on any atom is 0.695 e. The average Bonchev–Trinajstić information content (AvgIpc) is 0.842. The molecule has 0 bridgehead atoms. The minimum absolute atomic E-state index is 0.0378. The number of carbonyl (C=O) groups is 8. The number of nitrogens with one attached hydrogen (secondary N) is 8. The Morgan fingerprint density at radius 3 is 1.14 bits per heavy atom. The fourth-order valence-corrected chi connectivity index (χ4v) is 10.1. The summed E-state index contributed by atoms with van der Waals surface area (Å²) in [6.45, 7) is 6.38.